The first-order valence-electron chi connectivity index (χ1n) is 9.87. The zero-order valence-corrected chi connectivity index (χ0v) is 16.0. The number of aliphatic hydroxyl groups excluding tert-OH is 1. The minimum atomic E-state index is -0.582. The van der Waals surface area contributed by atoms with E-state index in [1.165, 1.54) is 19.3 Å². The molecule has 1 aliphatic carbocycles. The van der Waals surface area contributed by atoms with E-state index >= 15 is 0 Å². The molecule has 2 heterocycles. The van der Waals surface area contributed by atoms with Crippen LogP contribution in [0.3, 0.4) is 0 Å². The van der Waals surface area contributed by atoms with Crippen LogP contribution >= 0.6 is 0 Å². The molecular formula is C21H29N2O5+. The van der Waals surface area contributed by atoms with Crippen LogP contribution in [0.1, 0.15) is 48.7 Å². The van der Waals surface area contributed by atoms with E-state index in [1.54, 1.807) is 29.1 Å². The highest BCUT2D eigenvalue weighted by atomic mass is 16.6. The molecule has 1 saturated carbocycles. The molecule has 4 atom stereocenters. The third kappa shape index (κ3) is 4.89. The van der Waals surface area contributed by atoms with E-state index in [4.69, 9.17) is 26.4 Å². The van der Waals surface area contributed by atoms with Crippen LogP contribution in [0.5, 0.6) is 0 Å². The van der Waals surface area contributed by atoms with Gasteiger partial charge < -0.3 is 25.1 Å². The van der Waals surface area contributed by atoms with E-state index in [1.807, 2.05) is 0 Å². The summed E-state index contributed by atoms with van der Waals surface area (Å²) in [7, 11) is 0. The lowest BCUT2D eigenvalue weighted by molar-refractivity contribution is -0.766. The van der Waals surface area contributed by atoms with E-state index in [0.717, 1.165) is 12.8 Å². The van der Waals surface area contributed by atoms with Crippen molar-refractivity contribution in [1.29, 1.82) is 0 Å². The number of rotatable bonds is 8. The van der Waals surface area contributed by atoms with Gasteiger partial charge in [0.1, 0.15) is 24.4 Å². The number of hydrogen-bond donors (Lipinski definition) is 2. The predicted molar refractivity (Wildman–Crippen MR) is 101 cm³/mol. The highest BCUT2D eigenvalue weighted by Crippen LogP contribution is 2.32. The molecular weight excluding hydrogens is 360 g/mol. The zero-order chi connectivity index (χ0) is 19.9. The number of aliphatic hydroxyl groups is 1. The molecule has 28 heavy (non-hydrogen) atoms. The molecule has 2 fully saturated rings. The van der Waals surface area contributed by atoms with Crippen molar-refractivity contribution >= 4 is 5.91 Å². The van der Waals surface area contributed by atoms with Gasteiger partial charge in [-0.25, -0.2) is 0 Å². The van der Waals surface area contributed by atoms with E-state index in [2.05, 4.69) is 5.92 Å². The van der Waals surface area contributed by atoms with Crippen molar-refractivity contribution in [2.24, 2.45) is 11.7 Å². The Labute approximate surface area is 165 Å². The molecule has 1 aromatic rings. The van der Waals surface area contributed by atoms with E-state index in [9.17, 15) is 9.90 Å². The van der Waals surface area contributed by atoms with E-state index in [-0.39, 0.29) is 13.2 Å². The molecule has 152 valence electrons. The summed E-state index contributed by atoms with van der Waals surface area (Å²) in [6.07, 6.45) is 12.7. The number of aromatic nitrogens is 1. The van der Waals surface area contributed by atoms with Crippen LogP contribution in [0.15, 0.2) is 24.5 Å². The highest BCUT2D eigenvalue weighted by Gasteiger charge is 2.51. The third-order valence-corrected chi connectivity index (χ3v) is 5.47. The van der Waals surface area contributed by atoms with Gasteiger partial charge in [0.2, 0.25) is 0 Å². The molecule has 0 unspecified atom stereocenters. The average Bonchev–Trinajstić information content (AvgIpc) is 3.09. The summed E-state index contributed by atoms with van der Waals surface area (Å²) in [5, 5.41) is 9.84. The maximum atomic E-state index is 11.5. The first kappa shape index (κ1) is 20.7. The number of terminal acetylenes is 1. The molecule has 3 N–H and O–H groups in total. The Bertz CT molecular complexity index is 698. The third-order valence-electron chi connectivity index (χ3n) is 5.47. The quantitative estimate of drug-likeness (QED) is 0.510. The van der Waals surface area contributed by atoms with Crippen LogP contribution in [0.2, 0.25) is 0 Å². The second-order valence-electron chi connectivity index (χ2n) is 7.43. The molecule has 0 radical (unpaired) electrons. The van der Waals surface area contributed by atoms with Gasteiger partial charge in [-0.3, -0.25) is 4.79 Å². The van der Waals surface area contributed by atoms with Gasteiger partial charge >= 0.3 is 0 Å². The van der Waals surface area contributed by atoms with Gasteiger partial charge in [-0.2, -0.15) is 4.57 Å². The molecule has 1 aromatic heterocycles. The summed E-state index contributed by atoms with van der Waals surface area (Å²) < 4.78 is 19.8. The van der Waals surface area contributed by atoms with Crippen LogP contribution in [0.25, 0.3) is 0 Å². The number of ether oxygens (including phenoxy) is 3. The minimum Gasteiger partial charge on any atom is -0.394 e. The molecule has 0 spiro atoms. The Morgan fingerprint density at radius 2 is 2.11 bits per heavy atom. The molecule has 0 bridgehead atoms. The summed E-state index contributed by atoms with van der Waals surface area (Å²) in [5.74, 6) is 2.47. The van der Waals surface area contributed by atoms with Gasteiger partial charge in [-0.05, 0) is 24.8 Å². The molecule has 3 rings (SSSR count). The second kappa shape index (κ2) is 9.99. The zero-order valence-electron chi connectivity index (χ0n) is 16.0. The number of nitrogens with two attached hydrogens (primary N) is 1. The van der Waals surface area contributed by atoms with Gasteiger partial charge in [0.15, 0.2) is 18.5 Å². The summed E-state index contributed by atoms with van der Waals surface area (Å²) in [6.45, 7) is 0.513. The summed E-state index contributed by atoms with van der Waals surface area (Å²) >= 11 is 0. The lowest BCUT2D eigenvalue weighted by Crippen LogP contribution is -2.48. The fourth-order valence-electron chi connectivity index (χ4n) is 4.02. The van der Waals surface area contributed by atoms with Gasteiger partial charge in [-0.1, -0.05) is 25.2 Å². The van der Waals surface area contributed by atoms with Crippen molar-refractivity contribution in [1.82, 2.24) is 0 Å². The largest absolute Gasteiger partial charge is 0.394 e. The van der Waals surface area contributed by atoms with Crippen molar-refractivity contribution < 1.29 is 28.7 Å². The Hall–Kier alpha value is -1.98. The van der Waals surface area contributed by atoms with Crippen LogP contribution < -0.4 is 10.3 Å². The average molecular weight is 389 g/mol. The molecule has 2 aliphatic rings. The molecule has 1 saturated heterocycles. The Morgan fingerprint density at radius 1 is 1.32 bits per heavy atom. The normalized spacial score (nSPS) is 28.1. The van der Waals surface area contributed by atoms with Crippen molar-refractivity contribution in [2.75, 3.05) is 19.8 Å². The van der Waals surface area contributed by atoms with Crippen molar-refractivity contribution in [3.8, 4) is 12.3 Å². The number of carbonyl (C=O) groups is 1. The minimum absolute atomic E-state index is 0.0992. The highest BCUT2D eigenvalue weighted by molar-refractivity contribution is 5.92. The van der Waals surface area contributed by atoms with Crippen molar-refractivity contribution in [3.05, 3.63) is 30.1 Å². The number of primary amides is 1. The standard InChI is InChI=1S/C21H28N2O5/c1-2-11-26-19-18(27-14-15-7-4-3-5-8-15)17(13-24)28-21(19)23-10-6-9-16(12-23)20(22)25/h1,6,9-10,12,15,17-19,21,24H,3-5,7-8,11,13-14H2,(H-,22,25)/p+1/t17-,18-,19-,21-/m1/s1. The summed E-state index contributed by atoms with van der Waals surface area (Å²) in [4.78, 5) is 11.5. The SMILES string of the molecule is C#CCO[C@@H]1[C@H](OCC2CCCCC2)[C@@H](CO)O[C@H]1[n+]1cccc(C(N)=O)c1. The molecule has 1 aliphatic heterocycles. The first-order chi connectivity index (χ1) is 13.6. The number of pyridine rings is 1. The maximum absolute atomic E-state index is 11.5. The monoisotopic (exact) mass is 389 g/mol. The lowest BCUT2D eigenvalue weighted by Gasteiger charge is -2.26. The topological polar surface area (TPSA) is 94.9 Å². The van der Waals surface area contributed by atoms with E-state index < -0.39 is 30.4 Å². The summed E-state index contributed by atoms with van der Waals surface area (Å²) in [6, 6.07) is 3.34. The molecule has 7 heteroatoms. The number of carbonyl (C=O) groups excluding carboxylic acids is 1. The van der Waals surface area contributed by atoms with Gasteiger partial charge in [0.05, 0.1) is 13.2 Å². The lowest BCUT2D eigenvalue weighted by atomic mass is 9.90. The Kier molecular flexibility index (Phi) is 7.40. The van der Waals surface area contributed by atoms with Crippen LogP contribution in [-0.4, -0.2) is 49.1 Å². The van der Waals surface area contributed by atoms with Crippen molar-refractivity contribution in [3.63, 3.8) is 0 Å². The Morgan fingerprint density at radius 3 is 2.79 bits per heavy atom. The maximum Gasteiger partial charge on any atom is 0.292 e. The van der Waals surface area contributed by atoms with Gasteiger partial charge in [-0.15, -0.1) is 6.42 Å². The number of nitrogens with zero attached hydrogens (tertiary/aromatic N) is 1. The second-order valence-corrected chi connectivity index (χ2v) is 7.43. The molecule has 0 aromatic carbocycles. The van der Waals surface area contributed by atoms with Crippen LogP contribution in [0.4, 0.5) is 0 Å². The summed E-state index contributed by atoms with van der Waals surface area (Å²) in [5.41, 5.74) is 5.75. The fraction of sp³-hybridized carbons (Fsp3) is 0.619. The molecule has 7 nitrogen and oxygen atoms in total. The first-order valence-corrected chi connectivity index (χ1v) is 9.87. The number of amides is 1. The number of hydrogen-bond acceptors (Lipinski definition) is 5. The van der Waals surface area contributed by atoms with Crippen LogP contribution in [-0.2, 0) is 14.2 Å². The fourth-order valence-corrected chi connectivity index (χ4v) is 4.02. The Balaban J connectivity index is 1.78. The van der Waals surface area contributed by atoms with Crippen LogP contribution in [0, 0.1) is 18.3 Å². The van der Waals surface area contributed by atoms with E-state index in [0.29, 0.717) is 18.1 Å². The predicted octanol–water partition coefficient (Wildman–Crippen LogP) is 0.947. The van der Waals surface area contributed by atoms with Crippen molar-refractivity contribution in [2.45, 2.75) is 56.6 Å². The van der Waals surface area contributed by atoms with Gasteiger partial charge in [0.25, 0.3) is 12.1 Å². The smallest absolute Gasteiger partial charge is 0.292 e. The molecule has 1 amide bonds. The van der Waals surface area contributed by atoms with Gasteiger partial charge in [0, 0.05) is 6.07 Å².